The average Bonchev–Trinajstić information content (AvgIpc) is 3.00. The first-order chi connectivity index (χ1) is 10.5. The molecule has 1 atom stereocenters. The lowest BCUT2D eigenvalue weighted by molar-refractivity contribution is 0.0935. The van der Waals surface area contributed by atoms with E-state index in [1.807, 2.05) is 26.1 Å². The van der Waals surface area contributed by atoms with Gasteiger partial charge in [0.2, 0.25) is 0 Å². The predicted octanol–water partition coefficient (Wildman–Crippen LogP) is 2.03. The van der Waals surface area contributed by atoms with Gasteiger partial charge in [0, 0.05) is 29.6 Å². The summed E-state index contributed by atoms with van der Waals surface area (Å²) >= 11 is 0. The molecular formula is C16H21N3O3. The topological polar surface area (TPSA) is 65.4 Å². The van der Waals surface area contributed by atoms with Crippen molar-refractivity contribution >= 4 is 5.91 Å². The molecule has 118 valence electrons. The summed E-state index contributed by atoms with van der Waals surface area (Å²) in [4.78, 5) is 12.4. The van der Waals surface area contributed by atoms with Crippen molar-refractivity contribution < 1.29 is 14.3 Å². The van der Waals surface area contributed by atoms with Gasteiger partial charge < -0.3 is 14.8 Å². The second kappa shape index (κ2) is 6.98. The van der Waals surface area contributed by atoms with E-state index in [1.54, 1.807) is 37.2 Å². The first kappa shape index (κ1) is 15.9. The van der Waals surface area contributed by atoms with Crippen molar-refractivity contribution in [1.29, 1.82) is 0 Å². The van der Waals surface area contributed by atoms with Gasteiger partial charge in [-0.2, -0.15) is 5.10 Å². The highest BCUT2D eigenvalue weighted by molar-refractivity contribution is 5.95. The molecule has 0 bridgehead atoms. The van der Waals surface area contributed by atoms with Crippen LogP contribution in [-0.4, -0.2) is 35.9 Å². The highest BCUT2D eigenvalue weighted by Gasteiger charge is 2.15. The number of carbonyl (C=O) groups excluding carboxylic acids is 1. The first-order valence-electron chi connectivity index (χ1n) is 7.06. The molecule has 1 heterocycles. The van der Waals surface area contributed by atoms with Crippen molar-refractivity contribution in [3.63, 3.8) is 0 Å². The van der Waals surface area contributed by atoms with Crippen LogP contribution in [0.5, 0.6) is 11.5 Å². The quantitative estimate of drug-likeness (QED) is 0.887. The second-order valence-electron chi connectivity index (χ2n) is 5.11. The predicted molar refractivity (Wildman–Crippen MR) is 83.4 cm³/mol. The Hall–Kier alpha value is -2.50. The lowest BCUT2D eigenvalue weighted by Crippen LogP contribution is -2.35. The Morgan fingerprint density at radius 2 is 1.95 bits per heavy atom. The lowest BCUT2D eigenvalue weighted by atomic mass is 10.1. The third-order valence-electron chi connectivity index (χ3n) is 3.41. The number of hydrogen-bond donors (Lipinski definition) is 1. The van der Waals surface area contributed by atoms with Crippen LogP contribution in [0.2, 0.25) is 0 Å². The fourth-order valence-corrected chi connectivity index (χ4v) is 2.26. The summed E-state index contributed by atoms with van der Waals surface area (Å²) in [6, 6.07) is 5.23. The van der Waals surface area contributed by atoms with Gasteiger partial charge in [-0.05, 0) is 32.0 Å². The van der Waals surface area contributed by atoms with Crippen LogP contribution in [0.1, 0.15) is 22.8 Å². The molecule has 1 unspecified atom stereocenters. The minimum Gasteiger partial charge on any atom is -0.496 e. The molecule has 1 N–H and O–H groups in total. The van der Waals surface area contributed by atoms with Crippen molar-refractivity contribution in [2.45, 2.75) is 26.4 Å². The van der Waals surface area contributed by atoms with Gasteiger partial charge in [-0.15, -0.1) is 0 Å². The maximum absolute atomic E-state index is 12.4. The third-order valence-corrected chi connectivity index (χ3v) is 3.41. The monoisotopic (exact) mass is 303 g/mol. The Kier molecular flexibility index (Phi) is 5.04. The van der Waals surface area contributed by atoms with Gasteiger partial charge in [-0.1, -0.05) is 0 Å². The number of rotatable bonds is 6. The van der Waals surface area contributed by atoms with Crippen LogP contribution in [0.4, 0.5) is 0 Å². The summed E-state index contributed by atoms with van der Waals surface area (Å²) in [7, 11) is 3.15. The van der Waals surface area contributed by atoms with Crippen molar-refractivity contribution in [3.8, 4) is 11.5 Å². The minimum absolute atomic E-state index is 0.0503. The van der Waals surface area contributed by atoms with Gasteiger partial charge in [0.15, 0.2) is 0 Å². The molecular weight excluding hydrogens is 282 g/mol. The number of aromatic nitrogens is 2. The zero-order valence-electron chi connectivity index (χ0n) is 13.3. The van der Waals surface area contributed by atoms with E-state index in [-0.39, 0.29) is 11.9 Å². The molecule has 0 aliphatic heterocycles. The number of methoxy groups -OCH3 is 2. The molecule has 6 nitrogen and oxygen atoms in total. The highest BCUT2D eigenvalue weighted by Crippen LogP contribution is 2.29. The Balaban J connectivity index is 2.11. The zero-order valence-corrected chi connectivity index (χ0v) is 13.3. The van der Waals surface area contributed by atoms with Crippen LogP contribution in [-0.2, 0) is 6.54 Å². The molecule has 1 amide bonds. The molecule has 0 aliphatic carbocycles. The number of nitrogens with zero attached hydrogens (tertiary/aromatic N) is 2. The first-order valence-corrected chi connectivity index (χ1v) is 7.06. The van der Waals surface area contributed by atoms with Gasteiger partial charge in [-0.25, -0.2) is 0 Å². The van der Waals surface area contributed by atoms with Gasteiger partial charge in [-0.3, -0.25) is 9.48 Å². The largest absolute Gasteiger partial charge is 0.496 e. The standard InChI is InChI=1S/C16H21N3O3/c1-11(10-19-7-5-6-17-19)18-16(20)13-8-14(21-3)12(2)15(9-13)22-4/h5-9,11H,10H2,1-4H3,(H,18,20). The van der Waals surface area contributed by atoms with E-state index in [4.69, 9.17) is 9.47 Å². The summed E-state index contributed by atoms with van der Waals surface area (Å²) < 4.78 is 12.4. The molecule has 0 saturated heterocycles. The molecule has 0 radical (unpaired) electrons. The Labute approximate surface area is 130 Å². The zero-order chi connectivity index (χ0) is 16.1. The number of ether oxygens (including phenoxy) is 2. The lowest BCUT2D eigenvalue weighted by Gasteiger charge is -2.16. The fraction of sp³-hybridized carbons (Fsp3) is 0.375. The summed E-state index contributed by atoms with van der Waals surface area (Å²) in [5.74, 6) is 1.09. The number of hydrogen-bond acceptors (Lipinski definition) is 4. The van der Waals surface area contributed by atoms with Crippen molar-refractivity contribution in [2.75, 3.05) is 14.2 Å². The minimum atomic E-state index is -0.170. The van der Waals surface area contributed by atoms with E-state index in [2.05, 4.69) is 10.4 Å². The van der Waals surface area contributed by atoms with Crippen LogP contribution in [0.3, 0.4) is 0 Å². The van der Waals surface area contributed by atoms with E-state index >= 15 is 0 Å². The Morgan fingerprint density at radius 1 is 1.32 bits per heavy atom. The number of benzene rings is 1. The van der Waals surface area contributed by atoms with Crippen LogP contribution in [0.25, 0.3) is 0 Å². The summed E-state index contributed by atoms with van der Waals surface area (Å²) in [5, 5.41) is 7.07. The van der Waals surface area contributed by atoms with Gasteiger partial charge >= 0.3 is 0 Å². The Morgan fingerprint density at radius 3 is 2.45 bits per heavy atom. The number of amides is 1. The summed E-state index contributed by atoms with van der Waals surface area (Å²) in [6.07, 6.45) is 3.57. The normalized spacial score (nSPS) is 11.8. The SMILES string of the molecule is COc1cc(C(=O)NC(C)Cn2cccn2)cc(OC)c1C. The molecule has 0 aliphatic rings. The molecule has 0 fully saturated rings. The number of carbonyl (C=O) groups is 1. The van der Waals surface area contributed by atoms with Crippen molar-refractivity contribution in [2.24, 2.45) is 0 Å². The maximum Gasteiger partial charge on any atom is 0.251 e. The molecule has 0 spiro atoms. The highest BCUT2D eigenvalue weighted by atomic mass is 16.5. The van der Waals surface area contributed by atoms with Gasteiger partial charge in [0.05, 0.1) is 20.8 Å². The van der Waals surface area contributed by atoms with Crippen LogP contribution < -0.4 is 14.8 Å². The van der Waals surface area contributed by atoms with E-state index < -0.39 is 0 Å². The third kappa shape index (κ3) is 3.58. The van der Waals surface area contributed by atoms with E-state index in [0.717, 1.165) is 5.56 Å². The van der Waals surface area contributed by atoms with E-state index in [0.29, 0.717) is 23.6 Å². The fourth-order valence-electron chi connectivity index (χ4n) is 2.26. The van der Waals surface area contributed by atoms with Gasteiger partial charge in [0.1, 0.15) is 11.5 Å². The molecule has 6 heteroatoms. The smallest absolute Gasteiger partial charge is 0.251 e. The molecule has 2 aromatic rings. The molecule has 22 heavy (non-hydrogen) atoms. The van der Waals surface area contributed by atoms with E-state index in [1.165, 1.54) is 0 Å². The summed E-state index contributed by atoms with van der Waals surface area (Å²) in [5.41, 5.74) is 1.37. The average molecular weight is 303 g/mol. The van der Waals surface area contributed by atoms with Crippen LogP contribution >= 0.6 is 0 Å². The molecule has 0 saturated carbocycles. The van der Waals surface area contributed by atoms with Gasteiger partial charge in [0.25, 0.3) is 5.91 Å². The molecule has 1 aromatic carbocycles. The number of nitrogens with one attached hydrogen (secondary N) is 1. The van der Waals surface area contributed by atoms with Crippen molar-refractivity contribution in [3.05, 3.63) is 41.7 Å². The maximum atomic E-state index is 12.4. The Bertz CT molecular complexity index is 613. The van der Waals surface area contributed by atoms with Crippen LogP contribution in [0.15, 0.2) is 30.6 Å². The summed E-state index contributed by atoms with van der Waals surface area (Å²) in [6.45, 7) is 4.43. The van der Waals surface area contributed by atoms with Crippen molar-refractivity contribution in [1.82, 2.24) is 15.1 Å². The van der Waals surface area contributed by atoms with Crippen LogP contribution in [0, 0.1) is 6.92 Å². The molecule has 2 rings (SSSR count). The second-order valence-corrected chi connectivity index (χ2v) is 5.11. The van der Waals surface area contributed by atoms with E-state index in [9.17, 15) is 4.79 Å². The molecule has 1 aromatic heterocycles.